The van der Waals surface area contributed by atoms with Crippen LogP contribution in [0.3, 0.4) is 0 Å². The van der Waals surface area contributed by atoms with Gasteiger partial charge in [-0.3, -0.25) is 9.69 Å². The summed E-state index contributed by atoms with van der Waals surface area (Å²) in [6.45, 7) is 10.7. The molecule has 1 fully saturated rings. The first-order chi connectivity index (χ1) is 16.3. The molecule has 2 aromatic rings. The van der Waals surface area contributed by atoms with E-state index < -0.39 is 6.09 Å². The summed E-state index contributed by atoms with van der Waals surface area (Å²) in [6, 6.07) is 14.7. The van der Waals surface area contributed by atoms with Crippen LogP contribution in [0.1, 0.15) is 70.5 Å². The number of likely N-dealkylation sites (tertiary alicyclic amines) is 1. The van der Waals surface area contributed by atoms with Crippen molar-refractivity contribution in [2.75, 3.05) is 18.0 Å². The van der Waals surface area contributed by atoms with E-state index in [-0.39, 0.29) is 24.1 Å². The zero-order valence-electron chi connectivity index (χ0n) is 20.8. The predicted octanol–water partition coefficient (Wildman–Crippen LogP) is 5.66. The summed E-state index contributed by atoms with van der Waals surface area (Å²) in [4.78, 5) is 29.2. The van der Waals surface area contributed by atoms with Gasteiger partial charge < -0.3 is 15.0 Å². The van der Waals surface area contributed by atoms with Crippen molar-refractivity contribution in [3.05, 3.63) is 53.6 Å². The standard InChI is InChI=1S/C28H37N3O3/c1-19(2)34-28(33)29-26-16-20(3)31(21(4)32)27-13-12-24(17-25(26)27)23-10-8-22(9-11-23)18-30-14-6-5-7-15-30/h8-13,17,19-20,26H,5-7,14-16,18H2,1-4H3,(H,29,33). The van der Waals surface area contributed by atoms with Crippen LogP contribution in [0.5, 0.6) is 0 Å². The number of hydrogen-bond donors (Lipinski definition) is 1. The number of piperidine rings is 1. The molecule has 0 spiro atoms. The van der Waals surface area contributed by atoms with Crippen LogP contribution in [0.4, 0.5) is 10.5 Å². The number of fused-ring (bicyclic) bond motifs is 1. The van der Waals surface area contributed by atoms with Gasteiger partial charge in [0.2, 0.25) is 5.91 Å². The van der Waals surface area contributed by atoms with Crippen molar-refractivity contribution in [3.63, 3.8) is 0 Å². The minimum atomic E-state index is -0.429. The summed E-state index contributed by atoms with van der Waals surface area (Å²) in [7, 11) is 0. The van der Waals surface area contributed by atoms with Crippen molar-refractivity contribution < 1.29 is 14.3 Å². The third-order valence-corrected chi connectivity index (χ3v) is 6.80. The fourth-order valence-electron chi connectivity index (χ4n) is 5.23. The van der Waals surface area contributed by atoms with Gasteiger partial charge in [-0.25, -0.2) is 4.79 Å². The van der Waals surface area contributed by atoms with E-state index in [4.69, 9.17) is 4.74 Å². The van der Waals surface area contributed by atoms with Crippen LogP contribution < -0.4 is 10.2 Å². The maximum atomic E-state index is 12.4. The second-order valence-corrected chi connectivity index (χ2v) is 9.93. The summed E-state index contributed by atoms with van der Waals surface area (Å²) in [6.07, 6.45) is 3.95. The Kier molecular flexibility index (Phi) is 7.57. The molecule has 4 rings (SSSR count). The molecule has 2 heterocycles. The highest BCUT2D eigenvalue weighted by molar-refractivity contribution is 5.94. The van der Waals surface area contributed by atoms with Crippen LogP contribution in [0.2, 0.25) is 0 Å². The van der Waals surface area contributed by atoms with Crippen molar-refractivity contribution in [1.82, 2.24) is 10.2 Å². The molecular weight excluding hydrogens is 426 g/mol. The van der Waals surface area contributed by atoms with Crippen molar-refractivity contribution >= 4 is 17.7 Å². The van der Waals surface area contributed by atoms with E-state index >= 15 is 0 Å². The molecular formula is C28H37N3O3. The number of carbonyl (C=O) groups is 2. The van der Waals surface area contributed by atoms with Crippen molar-refractivity contribution in [1.29, 1.82) is 0 Å². The number of nitrogens with one attached hydrogen (secondary N) is 1. The largest absolute Gasteiger partial charge is 0.447 e. The number of amides is 2. The first-order valence-electron chi connectivity index (χ1n) is 12.5. The van der Waals surface area contributed by atoms with Gasteiger partial charge in [-0.05, 0) is 87.5 Å². The Morgan fingerprint density at radius 2 is 1.71 bits per heavy atom. The lowest BCUT2D eigenvalue weighted by atomic mass is 9.89. The maximum absolute atomic E-state index is 12.4. The smallest absolute Gasteiger partial charge is 0.407 e. The van der Waals surface area contributed by atoms with Crippen LogP contribution in [0.25, 0.3) is 11.1 Å². The van der Waals surface area contributed by atoms with E-state index in [1.54, 1.807) is 6.92 Å². The number of carbonyl (C=O) groups excluding carboxylic acids is 2. The van der Waals surface area contributed by atoms with Gasteiger partial charge in [-0.15, -0.1) is 0 Å². The Hall–Kier alpha value is -2.86. The molecule has 0 saturated carbocycles. The zero-order chi connectivity index (χ0) is 24.2. The molecule has 6 heteroatoms. The molecule has 0 radical (unpaired) electrons. The van der Waals surface area contributed by atoms with Gasteiger partial charge in [0.1, 0.15) is 0 Å². The summed E-state index contributed by atoms with van der Waals surface area (Å²) < 4.78 is 5.33. The molecule has 182 valence electrons. The van der Waals surface area contributed by atoms with E-state index in [1.165, 1.54) is 37.9 Å². The summed E-state index contributed by atoms with van der Waals surface area (Å²) in [5, 5.41) is 3.02. The van der Waals surface area contributed by atoms with E-state index in [9.17, 15) is 9.59 Å². The fraction of sp³-hybridized carbons (Fsp3) is 0.500. The molecule has 2 aliphatic rings. The Morgan fingerprint density at radius 3 is 2.35 bits per heavy atom. The Bertz CT molecular complexity index is 1010. The molecule has 1 N–H and O–H groups in total. The Balaban J connectivity index is 1.59. The zero-order valence-corrected chi connectivity index (χ0v) is 20.8. The summed E-state index contributed by atoms with van der Waals surface area (Å²) in [5.41, 5.74) is 5.33. The van der Waals surface area contributed by atoms with Crippen LogP contribution in [0, 0.1) is 0 Å². The summed E-state index contributed by atoms with van der Waals surface area (Å²) >= 11 is 0. The number of rotatable bonds is 5. The number of ether oxygens (including phenoxy) is 1. The van der Waals surface area contributed by atoms with Gasteiger partial charge in [-0.1, -0.05) is 36.8 Å². The number of benzene rings is 2. The topological polar surface area (TPSA) is 61.9 Å². The highest BCUT2D eigenvalue weighted by Crippen LogP contribution is 2.39. The quantitative estimate of drug-likeness (QED) is 0.621. The van der Waals surface area contributed by atoms with E-state index in [2.05, 4.69) is 46.6 Å². The fourth-order valence-corrected chi connectivity index (χ4v) is 5.23. The lowest BCUT2D eigenvalue weighted by molar-refractivity contribution is -0.117. The minimum Gasteiger partial charge on any atom is -0.447 e. The van der Waals surface area contributed by atoms with Gasteiger partial charge >= 0.3 is 6.09 Å². The molecule has 1 saturated heterocycles. The number of anilines is 1. The Morgan fingerprint density at radius 1 is 1.03 bits per heavy atom. The van der Waals surface area contributed by atoms with Gasteiger partial charge in [0.25, 0.3) is 0 Å². The second-order valence-electron chi connectivity index (χ2n) is 9.93. The normalized spacial score (nSPS) is 20.7. The van der Waals surface area contributed by atoms with E-state index in [0.717, 1.165) is 28.9 Å². The van der Waals surface area contributed by atoms with Gasteiger partial charge in [-0.2, -0.15) is 0 Å². The van der Waals surface area contributed by atoms with Gasteiger partial charge in [0.05, 0.1) is 12.1 Å². The average molecular weight is 464 g/mol. The van der Waals surface area contributed by atoms with Gasteiger partial charge in [0.15, 0.2) is 0 Å². The SMILES string of the molecule is CC(=O)N1c2ccc(-c3ccc(CN4CCCCC4)cc3)cc2C(NC(=O)OC(C)C)CC1C. The van der Waals surface area contributed by atoms with Crippen molar-refractivity contribution in [2.24, 2.45) is 0 Å². The number of nitrogens with zero attached hydrogens (tertiary/aromatic N) is 2. The average Bonchev–Trinajstić information content (AvgIpc) is 2.79. The number of hydrogen-bond acceptors (Lipinski definition) is 4. The van der Waals surface area contributed by atoms with Crippen molar-refractivity contribution in [2.45, 2.75) is 78.1 Å². The maximum Gasteiger partial charge on any atom is 0.407 e. The minimum absolute atomic E-state index is 0.00627. The molecule has 2 atom stereocenters. The van der Waals surface area contributed by atoms with E-state index in [1.807, 2.05) is 31.7 Å². The van der Waals surface area contributed by atoms with Crippen LogP contribution in [-0.2, 0) is 16.1 Å². The highest BCUT2D eigenvalue weighted by atomic mass is 16.6. The van der Waals surface area contributed by atoms with Crippen molar-refractivity contribution in [3.8, 4) is 11.1 Å². The molecule has 6 nitrogen and oxygen atoms in total. The highest BCUT2D eigenvalue weighted by Gasteiger charge is 2.33. The Labute approximate surface area is 203 Å². The molecule has 2 amide bonds. The lowest BCUT2D eigenvalue weighted by Gasteiger charge is -2.39. The summed E-state index contributed by atoms with van der Waals surface area (Å²) in [5.74, 6) is 0.00627. The van der Waals surface area contributed by atoms with E-state index in [0.29, 0.717) is 6.42 Å². The molecule has 2 aliphatic heterocycles. The second kappa shape index (κ2) is 10.6. The molecule has 2 aromatic carbocycles. The molecule has 2 unspecified atom stereocenters. The first-order valence-corrected chi connectivity index (χ1v) is 12.5. The third-order valence-electron chi connectivity index (χ3n) is 6.80. The number of alkyl carbamates (subject to hydrolysis) is 1. The molecule has 34 heavy (non-hydrogen) atoms. The third kappa shape index (κ3) is 5.61. The molecule has 0 bridgehead atoms. The first kappa shape index (κ1) is 24.3. The van der Waals surface area contributed by atoms with Gasteiger partial charge in [0, 0.05) is 25.2 Å². The predicted molar refractivity (Wildman–Crippen MR) is 136 cm³/mol. The van der Waals surface area contributed by atoms with Crippen LogP contribution in [0.15, 0.2) is 42.5 Å². The molecule has 0 aromatic heterocycles. The van der Waals surface area contributed by atoms with Crippen LogP contribution in [-0.4, -0.2) is 42.1 Å². The lowest BCUT2D eigenvalue weighted by Crippen LogP contribution is -2.45. The monoisotopic (exact) mass is 463 g/mol. The molecule has 0 aliphatic carbocycles. The van der Waals surface area contributed by atoms with Crippen LogP contribution >= 0.6 is 0 Å².